The molecule has 164 valence electrons. The molecule has 0 bridgehead atoms. The number of esters is 2. The molecule has 2 rings (SSSR count). The Balaban J connectivity index is 2.24. The highest BCUT2D eigenvalue weighted by atomic mass is 16.5. The first-order valence-corrected chi connectivity index (χ1v) is 10.8. The Kier molecular flexibility index (Phi) is 7.72. The van der Waals surface area contributed by atoms with Crippen molar-refractivity contribution < 1.29 is 24.2 Å². The minimum atomic E-state index is -0.755. The van der Waals surface area contributed by atoms with Gasteiger partial charge in [-0.3, -0.25) is 9.59 Å². The van der Waals surface area contributed by atoms with E-state index >= 15 is 0 Å². The largest absolute Gasteiger partial charge is 0.462 e. The van der Waals surface area contributed by atoms with Crippen molar-refractivity contribution in [1.29, 1.82) is 0 Å². The second-order valence-electron chi connectivity index (χ2n) is 9.49. The zero-order valence-electron chi connectivity index (χ0n) is 18.8. The summed E-state index contributed by atoms with van der Waals surface area (Å²) < 4.78 is 10.2. The molecule has 2 saturated carbocycles. The van der Waals surface area contributed by atoms with Crippen LogP contribution in [-0.2, 0) is 19.1 Å². The third-order valence-corrected chi connectivity index (χ3v) is 7.70. The van der Waals surface area contributed by atoms with Gasteiger partial charge in [0.1, 0.15) is 13.2 Å². The topological polar surface area (TPSA) is 72.8 Å². The van der Waals surface area contributed by atoms with Crippen molar-refractivity contribution in [3.05, 3.63) is 23.8 Å². The minimum Gasteiger partial charge on any atom is -0.462 e. The molecule has 0 aromatic heterocycles. The number of hydrogen-bond acceptors (Lipinski definition) is 5. The normalized spacial score (nSPS) is 33.6. The molecule has 0 radical (unpaired) electrons. The Morgan fingerprint density at radius 2 is 1.90 bits per heavy atom. The lowest BCUT2D eigenvalue weighted by atomic mass is 9.46. The quantitative estimate of drug-likeness (QED) is 0.494. The summed E-state index contributed by atoms with van der Waals surface area (Å²) >= 11 is 0. The summed E-state index contributed by atoms with van der Waals surface area (Å²) in [5, 5.41) is 11.1. The Bertz CT molecular complexity index is 666. The summed E-state index contributed by atoms with van der Waals surface area (Å²) in [6.45, 7) is 14.1. The van der Waals surface area contributed by atoms with Crippen LogP contribution >= 0.6 is 0 Å². The van der Waals surface area contributed by atoms with Crippen LogP contribution < -0.4 is 0 Å². The third kappa shape index (κ3) is 5.30. The van der Waals surface area contributed by atoms with Crippen LogP contribution in [0.1, 0.15) is 73.1 Å². The zero-order valence-corrected chi connectivity index (χ0v) is 18.8. The summed E-state index contributed by atoms with van der Waals surface area (Å²) in [5.74, 6) is 0.165. The lowest BCUT2D eigenvalue weighted by molar-refractivity contribution is -0.141. The van der Waals surface area contributed by atoms with Gasteiger partial charge in [0.15, 0.2) is 0 Å². The molecule has 2 aliphatic rings. The molecule has 0 saturated heterocycles. The molecule has 0 unspecified atom stereocenters. The number of carbonyl (C=O) groups excluding carboxylic acids is 2. The molecule has 0 spiro atoms. The van der Waals surface area contributed by atoms with Crippen LogP contribution in [-0.4, -0.2) is 36.4 Å². The van der Waals surface area contributed by atoms with E-state index in [0.29, 0.717) is 23.8 Å². The van der Waals surface area contributed by atoms with Crippen molar-refractivity contribution in [2.45, 2.75) is 79.2 Å². The Morgan fingerprint density at radius 1 is 1.24 bits per heavy atom. The fraction of sp³-hybridized carbons (Fsp3) is 0.750. The molecule has 1 N–H and O–H groups in total. The highest BCUT2D eigenvalue weighted by molar-refractivity contribution is 5.66. The number of hydrogen-bond donors (Lipinski definition) is 1. The van der Waals surface area contributed by atoms with Gasteiger partial charge in [-0.15, -0.1) is 0 Å². The number of fused-ring (bicyclic) bond motifs is 1. The van der Waals surface area contributed by atoms with E-state index in [9.17, 15) is 14.7 Å². The number of carbonyl (C=O) groups is 2. The van der Waals surface area contributed by atoms with Gasteiger partial charge in [0.2, 0.25) is 0 Å². The van der Waals surface area contributed by atoms with Crippen LogP contribution in [0.4, 0.5) is 0 Å². The highest BCUT2D eigenvalue weighted by Crippen LogP contribution is 2.62. The summed E-state index contributed by atoms with van der Waals surface area (Å²) in [4.78, 5) is 22.4. The van der Waals surface area contributed by atoms with E-state index in [-0.39, 0.29) is 30.0 Å². The second kappa shape index (κ2) is 9.46. The van der Waals surface area contributed by atoms with Gasteiger partial charge in [-0.1, -0.05) is 32.9 Å². The summed E-state index contributed by atoms with van der Waals surface area (Å²) in [6.07, 6.45) is 7.19. The molecule has 0 amide bonds. The number of aliphatic hydroxyl groups excluding tert-OH is 1. The van der Waals surface area contributed by atoms with Gasteiger partial charge < -0.3 is 14.6 Å². The Morgan fingerprint density at radius 3 is 2.52 bits per heavy atom. The smallest absolute Gasteiger partial charge is 0.302 e. The minimum absolute atomic E-state index is 0.0108. The van der Waals surface area contributed by atoms with Crippen LogP contribution in [0.5, 0.6) is 0 Å². The molecular formula is C24H38O5. The molecule has 29 heavy (non-hydrogen) atoms. The third-order valence-electron chi connectivity index (χ3n) is 7.70. The molecule has 5 heteroatoms. The number of aliphatic hydroxyl groups is 1. The number of rotatable bonds is 7. The second-order valence-corrected chi connectivity index (χ2v) is 9.49. The van der Waals surface area contributed by atoms with Gasteiger partial charge in [0.25, 0.3) is 0 Å². The average molecular weight is 407 g/mol. The molecular weight excluding hydrogens is 368 g/mol. The molecule has 5 atom stereocenters. The van der Waals surface area contributed by atoms with Crippen molar-refractivity contribution in [3.63, 3.8) is 0 Å². The van der Waals surface area contributed by atoms with Gasteiger partial charge in [-0.25, -0.2) is 0 Å². The van der Waals surface area contributed by atoms with Crippen LogP contribution in [0.25, 0.3) is 0 Å². The standard InChI is InChI=1S/C24H38O5/c1-16-8-7-9-22-23(16,5)12-10-17(2)24(22,6)14-21(27)20(15-29-19(4)26)11-13-28-18(3)25/h11,17,21-22,27H,1,7-10,12-15H2,2-6H3/b20-11+/t17-,21-,22+,23+,24+/m1/s1. The molecule has 2 fully saturated rings. The van der Waals surface area contributed by atoms with E-state index < -0.39 is 12.1 Å². The van der Waals surface area contributed by atoms with E-state index in [2.05, 4.69) is 27.4 Å². The average Bonchev–Trinajstić information content (AvgIpc) is 2.63. The number of allylic oxidation sites excluding steroid dienone is 1. The van der Waals surface area contributed by atoms with E-state index in [1.165, 1.54) is 19.4 Å². The van der Waals surface area contributed by atoms with E-state index in [1.807, 2.05) is 0 Å². The first-order valence-electron chi connectivity index (χ1n) is 10.8. The van der Waals surface area contributed by atoms with Gasteiger partial charge in [-0.2, -0.15) is 0 Å². The fourth-order valence-corrected chi connectivity index (χ4v) is 5.60. The summed E-state index contributed by atoms with van der Waals surface area (Å²) in [5.41, 5.74) is 2.02. The van der Waals surface area contributed by atoms with Crippen LogP contribution in [0.2, 0.25) is 0 Å². The van der Waals surface area contributed by atoms with E-state index in [1.54, 1.807) is 6.08 Å². The molecule has 0 heterocycles. The monoisotopic (exact) mass is 406 g/mol. The molecule has 0 aromatic rings. The Labute approximate surface area is 175 Å². The number of ether oxygens (including phenoxy) is 2. The van der Waals surface area contributed by atoms with Crippen molar-refractivity contribution in [3.8, 4) is 0 Å². The van der Waals surface area contributed by atoms with Crippen LogP contribution in [0.3, 0.4) is 0 Å². The first-order chi connectivity index (χ1) is 13.5. The molecule has 0 aliphatic heterocycles. The maximum Gasteiger partial charge on any atom is 0.302 e. The van der Waals surface area contributed by atoms with Gasteiger partial charge >= 0.3 is 11.9 Å². The van der Waals surface area contributed by atoms with Crippen LogP contribution in [0.15, 0.2) is 23.8 Å². The maximum absolute atomic E-state index is 11.3. The SMILES string of the molecule is C=C1CCC[C@@H]2[C@@](C)(C[C@@H](O)/C(=C/COC(C)=O)COC(C)=O)[C@H](C)CC[C@@]12C. The maximum atomic E-state index is 11.3. The molecule has 5 nitrogen and oxygen atoms in total. The predicted octanol–water partition coefficient (Wildman–Crippen LogP) is 4.59. The lowest BCUT2D eigenvalue weighted by Gasteiger charge is -2.59. The Hall–Kier alpha value is -1.62. The zero-order chi connectivity index (χ0) is 21.8. The predicted molar refractivity (Wildman–Crippen MR) is 113 cm³/mol. The summed E-state index contributed by atoms with van der Waals surface area (Å²) in [6, 6.07) is 0. The van der Waals surface area contributed by atoms with Gasteiger partial charge in [-0.05, 0) is 72.8 Å². The first kappa shape index (κ1) is 23.7. The lowest BCUT2D eigenvalue weighted by Crippen LogP contribution is -2.51. The van der Waals surface area contributed by atoms with Gasteiger partial charge in [0.05, 0.1) is 6.10 Å². The van der Waals surface area contributed by atoms with Crippen molar-refractivity contribution in [2.75, 3.05) is 13.2 Å². The highest BCUT2D eigenvalue weighted by Gasteiger charge is 2.54. The van der Waals surface area contributed by atoms with Crippen molar-refractivity contribution in [1.82, 2.24) is 0 Å². The van der Waals surface area contributed by atoms with Gasteiger partial charge in [0, 0.05) is 13.8 Å². The van der Waals surface area contributed by atoms with E-state index in [4.69, 9.17) is 9.47 Å². The van der Waals surface area contributed by atoms with E-state index in [0.717, 1.165) is 32.1 Å². The van der Waals surface area contributed by atoms with Crippen LogP contribution in [0, 0.1) is 22.7 Å². The van der Waals surface area contributed by atoms with Crippen molar-refractivity contribution in [2.24, 2.45) is 22.7 Å². The molecule has 2 aliphatic carbocycles. The molecule has 0 aromatic carbocycles. The summed E-state index contributed by atoms with van der Waals surface area (Å²) in [7, 11) is 0. The fourth-order valence-electron chi connectivity index (χ4n) is 5.60. The van der Waals surface area contributed by atoms with Crippen molar-refractivity contribution >= 4 is 11.9 Å².